The van der Waals surface area contributed by atoms with Crippen LogP contribution in [0, 0.1) is 5.41 Å². The standard InChI is InChI=1S/C20H30N4O2/c21-19(26)22-14-18(25)24-13-10-20(16-24)9-5-12-23(15-20)11-4-8-17-6-2-1-3-7-17/h1-3,6-7H,4-5,8-16H2,(H3,21,22,26). The molecule has 3 N–H and O–H groups in total. The van der Waals surface area contributed by atoms with Crippen molar-refractivity contribution in [2.75, 3.05) is 39.3 Å². The zero-order chi connectivity index (χ0) is 18.4. The Labute approximate surface area is 155 Å². The summed E-state index contributed by atoms with van der Waals surface area (Å²) in [4.78, 5) is 27.5. The van der Waals surface area contributed by atoms with E-state index in [4.69, 9.17) is 5.73 Å². The molecule has 1 unspecified atom stereocenters. The molecule has 3 rings (SSSR count). The van der Waals surface area contributed by atoms with Crippen LogP contribution in [0.2, 0.25) is 0 Å². The van der Waals surface area contributed by atoms with E-state index in [-0.39, 0.29) is 17.9 Å². The highest BCUT2D eigenvalue weighted by Crippen LogP contribution is 2.39. The number of carbonyl (C=O) groups excluding carboxylic acids is 2. The normalized spacial score (nSPS) is 23.3. The average Bonchev–Trinajstić information content (AvgIpc) is 3.04. The Morgan fingerprint density at radius 2 is 1.92 bits per heavy atom. The van der Waals surface area contributed by atoms with Gasteiger partial charge in [0, 0.05) is 25.0 Å². The van der Waals surface area contributed by atoms with Gasteiger partial charge in [0.05, 0.1) is 6.54 Å². The summed E-state index contributed by atoms with van der Waals surface area (Å²) in [5.74, 6) is -0.0260. The first-order chi connectivity index (χ1) is 12.6. The lowest BCUT2D eigenvalue weighted by Gasteiger charge is -2.40. The van der Waals surface area contributed by atoms with Gasteiger partial charge in [0.1, 0.15) is 0 Å². The summed E-state index contributed by atoms with van der Waals surface area (Å²) < 4.78 is 0. The molecule has 142 valence electrons. The number of benzene rings is 1. The summed E-state index contributed by atoms with van der Waals surface area (Å²) in [6.07, 6.45) is 5.74. The number of urea groups is 1. The monoisotopic (exact) mass is 358 g/mol. The van der Waals surface area contributed by atoms with Gasteiger partial charge >= 0.3 is 6.03 Å². The number of rotatable bonds is 6. The Kier molecular flexibility index (Phi) is 6.14. The molecule has 2 fully saturated rings. The SMILES string of the molecule is NC(=O)NCC(=O)N1CCC2(CCCN(CCCc3ccccc3)C2)C1. The van der Waals surface area contributed by atoms with Gasteiger partial charge in [-0.15, -0.1) is 0 Å². The summed E-state index contributed by atoms with van der Waals surface area (Å²) in [5.41, 5.74) is 6.69. The smallest absolute Gasteiger partial charge is 0.312 e. The fourth-order valence-electron chi connectivity index (χ4n) is 4.41. The molecule has 0 saturated carbocycles. The molecule has 3 amide bonds. The minimum atomic E-state index is -0.644. The number of nitrogens with one attached hydrogen (secondary N) is 1. The van der Waals surface area contributed by atoms with Gasteiger partial charge in [0.15, 0.2) is 0 Å². The molecule has 1 aromatic carbocycles. The Hall–Kier alpha value is -2.08. The number of aryl methyl sites for hydroxylation is 1. The Bertz CT molecular complexity index is 621. The Morgan fingerprint density at radius 1 is 1.12 bits per heavy atom. The molecule has 6 heteroatoms. The number of hydrogen-bond acceptors (Lipinski definition) is 3. The van der Waals surface area contributed by atoms with E-state index < -0.39 is 6.03 Å². The highest BCUT2D eigenvalue weighted by atomic mass is 16.2. The number of nitrogens with two attached hydrogens (primary N) is 1. The first-order valence-electron chi connectivity index (χ1n) is 9.64. The van der Waals surface area contributed by atoms with Crippen molar-refractivity contribution in [3.63, 3.8) is 0 Å². The quantitative estimate of drug-likeness (QED) is 0.811. The maximum absolute atomic E-state index is 12.2. The molecule has 0 aromatic heterocycles. The van der Waals surface area contributed by atoms with Gasteiger partial charge in [0.2, 0.25) is 5.91 Å². The van der Waals surface area contributed by atoms with Crippen LogP contribution in [0.25, 0.3) is 0 Å². The highest BCUT2D eigenvalue weighted by Gasteiger charge is 2.42. The molecule has 0 bridgehead atoms. The molecular formula is C20H30N4O2. The fraction of sp³-hybridized carbons (Fsp3) is 0.600. The molecule has 2 saturated heterocycles. The van der Waals surface area contributed by atoms with Crippen molar-refractivity contribution in [1.82, 2.24) is 15.1 Å². The van der Waals surface area contributed by atoms with Gasteiger partial charge in [-0.05, 0) is 50.8 Å². The minimum absolute atomic E-state index is 0.00615. The van der Waals surface area contributed by atoms with E-state index >= 15 is 0 Å². The van der Waals surface area contributed by atoms with Crippen molar-refractivity contribution < 1.29 is 9.59 Å². The van der Waals surface area contributed by atoms with Crippen LogP contribution in [0.3, 0.4) is 0 Å². The molecule has 2 aliphatic heterocycles. The van der Waals surface area contributed by atoms with Crippen LogP contribution in [0.4, 0.5) is 4.79 Å². The van der Waals surface area contributed by atoms with E-state index in [2.05, 4.69) is 40.5 Å². The van der Waals surface area contributed by atoms with Crippen molar-refractivity contribution in [2.24, 2.45) is 11.1 Å². The van der Waals surface area contributed by atoms with Crippen LogP contribution >= 0.6 is 0 Å². The van der Waals surface area contributed by atoms with Gasteiger partial charge < -0.3 is 20.9 Å². The summed E-state index contributed by atoms with van der Waals surface area (Å²) in [6, 6.07) is 10.0. The fourth-order valence-corrected chi connectivity index (χ4v) is 4.41. The van der Waals surface area contributed by atoms with Crippen molar-refractivity contribution in [3.05, 3.63) is 35.9 Å². The molecule has 1 aromatic rings. The predicted octanol–water partition coefficient (Wildman–Crippen LogP) is 1.60. The van der Waals surface area contributed by atoms with E-state index in [0.29, 0.717) is 0 Å². The second-order valence-electron chi connectivity index (χ2n) is 7.75. The van der Waals surface area contributed by atoms with Crippen LogP contribution in [0.15, 0.2) is 30.3 Å². The van der Waals surface area contributed by atoms with Gasteiger partial charge in [0.25, 0.3) is 0 Å². The molecule has 26 heavy (non-hydrogen) atoms. The molecule has 1 atom stereocenters. The van der Waals surface area contributed by atoms with Crippen LogP contribution in [0.1, 0.15) is 31.2 Å². The van der Waals surface area contributed by atoms with Crippen molar-refractivity contribution in [3.8, 4) is 0 Å². The topological polar surface area (TPSA) is 78.7 Å². The third-order valence-corrected chi connectivity index (χ3v) is 5.73. The van der Waals surface area contributed by atoms with Gasteiger partial charge in [-0.25, -0.2) is 4.79 Å². The predicted molar refractivity (Wildman–Crippen MR) is 102 cm³/mol. The maximum Gasteiger partial charge on any atom is 0.312 e. The lowest BCUT2D eigenvalue weighted by molar-refractivity contribution is -0.129. The van der Waals surface area contributed by atoms with Gasteiger partial charge in [-0.3, -0.25) is 4.79 Å². The van der Waals surface area contributed by atoms with E-state index in [1.54, 1.807) is 0 Å². The summed E-state index contributed by atoms with van der Waals surface area (Å²) >= 11 is 0. The van der Waals surface area contributed by atoms with Crippen LogP contribution < -0.4 is 11.1 Å². The third-order valence-electron chi connectivity index (χ3n) is 5.73. The first kappa shape index (κ1) is 18.7. The summed E-state index contributed by atoms with van der Waals surface area (Å²) in [7, 11) is 0. The van der Waals surface area contributed by atoms with Crippen LogP contribution in [0.5, 0.6) is 0 Å². The minimum Gasteiger partial charge on any atom is -0.352 e. The molecule has 0 aliphatic carbocycles. The second-order valence-corrected chi connectivity index (χ2v) is 7.75. The molecule has 2 heterocycles. The van der Waals surface area contributed by atoms with Crippen LogP contribution in [-0.4, -0.2) is 61.0 Å². The third kappa shape index (κ3) is 4.97. The zero-order valence-electron chi connectivity index (χ0n) is 15.5. The molecule has 2 aliphatic rings. The number of carbonyl (C=O) groups is 2. The lowest BCUT2D eigenvalue weighted by Crippen LogP contribution is -2.47. The number of hydrogen-bond donors (Lipinski definition) is 2. The zero-order valence-corrected chi connectivity index (χ0v) is 15.5. The first-order valence-corrected chi connectivity index (χ1v) is 9.64. The Morgan fingerprint density at radius 3 is 2.69 bits per heavy atom. The largest absolute Gasteiger partial charge is 0.352 e. The number of likely N-dealkylation sites (tertiary alicyclic amines) is 2. The van der Waals surface area contributed by atoms with Gasteiger partial charge in [-0.1, -0.05) is 30.3 Å². The number of primary amides is 1. The molecule has 1 spiro atoms. The lowest BCUT2D eigenvalue weighted by atomic mass is 9.79. The van der Waals surface area contributed by atoms with E-state index in [1.165, 1.54) is 24.8 Å². The molecular weight excluding hydrogens is 328 g/mol. The van der Waals surface area contributed by atoms with Crippen molar-refractivity contribution in [2.45, 2.75) is 32.1 Å². The van der Waals surface area contributed by atoms with Crippen LogP contribution in [-0.2, 0) is 11.2 Å². The molecule has 0 radical (unpaired) electrons. The summed E-state index contributed by atoms with van der Waals surface area (Å²) in [5, 5.41) is 2.40. The van der Waals surface area contributed by atoms with E-state index in [1.807, 2.05) is 4.90 Å². The van der Waals surface area contributed by atoms with Crippen molar-refractivity contribution >= 4 is 11.9 Å². The molecule has 6 nitrogen and oxygen atoms in total. The van der Waals surface area contributed by atoms with E-state index in [0.717, 1.165) is 45.6 Å². The second kappa shape index (κ2) is 8.54. The number of nitrogens with zero attached hydrogens (tertiary/aromatic N) is 2. The van der Waals surface area contributed by atoms with Crippen molar-refractivity contribution in [1.29, 1.82) is 0 Å². The maximum atomic E-state index is 12.2. The average molecular weight is 358 g/mol. The highest BCUT2D eigenvalue weighted by molar-refractivity contribution is 5.83. The Balaban J connectivity index is 1.45. The summed E-state index contributed by atoms with van der Waals surface area (Å²) in [6.45, 7) is 4.96. The number of piperidine rings is 1. The number of amides is 3. The van der Waals surface area contributed by atoms with E-state index in [9.17, 15) is 9.59 Å². The van der Waals surface area contributed by atoms with Gasteiger partial charge in [-0.2, -0.15) is 0 Å².